The molecule has 0 heterocycles. The molecule has 3 aromatic carbocycles. The van der Waals surface area contributed by atoms with Crippen molar-refractivity contribution in [3.8, 4) is 0 Å². The van der Waals surface area contributed by atoms with E-state index in [1.54, 1.807) is 0 Å². The average Bonchev–Trinajstić information content (AvgIpc) is 2.59. The second kappa shape index (κ2) is 7.10. The van der Waals surface area contributed by atoms with Crippen LogP contribution in [0.15, 0.2) is 94.8 Å². The first-order chi connectivity index (χ1) is 10.8. The van der Waals surface area contributed by atoms with Crippen molar-refractivity contribution >= 4 is 18.8 Å². The van der Waals surface area contributed by atoms with Gasteiger partial charge < -0.3 is 0 Å². The van der Waals surface area contributed by atoms with Crippen molar-refractivity contribution in [3.05, 3.63) is 102 Å². The second-order valence-corrected chi connectivity index (χ2v) is 5.54. The van der Waals surface area contributed by atoms with Crippen molar-refractivity contribution in [3.63, 3.8) is 0 Å². The Labute approximate surface area is 136 Å². The van der Waals surface area contributed by atoms with Gasteiger partial charge in [-0.05, 0) is 17.2 Å². The van der Waals surface area contributed by atoms with Crippen molar-refractivity contribution in [1.29, 1.82) is 0 Å². The molecule has 108 valence electrons. The Kier molecular flexibility index (Phi) is 4.71. The molecule has 22 heavy (non-hydrogen) atoms. The average molecular weight is 303 g/mol. The highest BCUT2D eigenvalue weighted by molar-refractivity contribution is 7.80. The third-order valence-electron chi connectivity index (χ3n) is 3.53. The molecule has 0 fully saturated rings. The molecule has 0 saturated heterocycles. The molecule has 0 aliphatic carbocycles. The Morgan fingerprint density at radius 2 is 1.18 bits per heavy atom. The Hall–Kier alpha value is -2.32. The summed E-state index contributed by atoms with van der Waals surface area (Å²) in [6.45, 7) is 0. The Balaban J connectivity index is 1.98. The van der Waals surface area contributed by atoms with E-state index in [9.17, 15) is 0 Å². The molecule has 0 atom stereocenters. The van der Waals surface area contributed by atoms with Crippen LogP contribution in [-0.4, -0.2) is 6.21 Å². The van der Waals surface area contributed by atoms with Crippen LogP contribution in [0.1, 0.15) is 22.7 Å². The van der Waals surface area contributed by atoms with Crippen LogP contribution in [0.25, 0.3) is 0 Å². The highest BCUT2D eigenvalue weighted by atomic mass is 32.1. The molecule has 2 heteroatoms. The van der Waals surface area contributed by atoms with Gasteiger partial charge in [-0.25, -0.2) is 0 Å². The van der Waals surface area contributed by atoms with Crippen LogP contribution in [0.2, 0.25) is 0 Å². The van der Waals surface area contributed by atoms with Crippen LogP contribution in [0.3, 0.4) is 0 Å². The SMILES string of the molecule is Sc1ccccc1C=NC(c1ccccc1)c1ccccc1. The van der Waals surface area contributed by atoms with Crippen LogP contribution in [-0.2, 0) is 0 Å². The molecule has 0 saturated carbocycles. The highest BCUT2D eigenvalue weighted by Crippen LogP contribution is 2.26. The fraction of sp³-hybridized carbons (Fsp3) is 0.0500. The first-order valence-corrected chi connectivity index (χ1v) is 7.70. The molecule has 0 aliphatic heterocycles. The minimum Gasteiger partial charge on any atom is -0.280 e. The fourth-order valence-electron chi connectivity index (χ4n) is 2.39. The molecular formula is C20H17NS. The normalized spacial score (nSPS) is 11.2. The van der Waals surface area contributed by atoms with Gasteiger partial charge in [-0.2, -0.15) is 0 Å². The van der Waals surface area contributed by atoms with E-state index in [-0.39, 0.29) is 6.04 Å². The zero-order valence-corrected chi connectivity index (χ0v) is 13.0. The third kappa shape index (κ3) is 3.46. The quantitative estimate of drug-likeness (QED) is 0.503. The smallest absolute Gasteiger partial charge is 0.0999 e. The molecule has 0 radical (unpaired) electrons. The molecule has 0 bridgehead atoms. The Morgan fingerprint density at radius 1 is 0.682 bits per heavy atom. The first kappa shape index (κ1) is 14.6. The van der Waals surface area contributed by atoms with Gasteiger partial charge in [0.25, 0.3) is 0 Å². The summed E-state index contributed by atoms with van der Waals surface area (Å²) in [5.41, 5.74) is 3.39. The number of thiol groups is 1. The predicted octanol–water partition coefficient (Wildman–Crippen LogP) is 5.18. The van der Waals surface area contributed by atoms with E-state index >= 15 is 0 Å². The number of nitrogens with zero attached hydrogens (tertiary/aromatic N) is 1. The fourth-order valence-corrected chi connectivity index (χ4v) is 2.61. The van der Waals surface area contributed by atoms with Crippen molar-refractivity contribution in [1.82, 2.24) is 0 Å². The summed E-state index contributed by atoms with van der Waals surface area (Å²) < 4.78 is 0. The monoisotopic (exact) mass is 303 g/mol. The van der Waals surface area contributed by atoms with E-state index in [2.05, 4.69) is 36.9 Å². The van der Waals surface area contributed by atoms with E-state index in [1.807, 2.05) is 66.9 Å². The lowest BCUT2D eigenvalue weighted by Crippen LogP contribution is -1.99. The molecule has 0 aromatic heterocycles. The lowest BCUT2D eigenvalue weighted by molar-refractivity contribution is 0.878. The first-order valence-electron chi connectivity index (χ1n) is 7.25. The second-order valence-electron chi connectivity index (χ2n) is 5.06. The molecule has 1 nitrogen and oxygen atoms in total. The van der Waals surface area contributed by atoms with Crippen LogP contribution in [0.5, 0.6) is 0 Å². The van der Waals surface area contributed by atoms with Crippen LogP contribution in [0.4, 0.5) is 0 Å². The molecule has 0 amide bonds. The number of aliphatic imine (C=N–C) groups is 1. The number of hydrogen-bond acceptors (Lipinski definition) is 2. The maximum atomic E-state index is 4.82. The van der Waals surface area contributed by atoms with Crippen LogP contribution >= 0.6 is 12.6 Å². The summed E-state index contributed by atoms with van der Waals surface area (Å²) in [5, 5.41) is 0. The lowest BCUT2D eigenvalue weighted by atomic mass is 9.99. The van der Waals surface area contributed by atoms with Gasteiger partial charge >= 0.3 is 0 Å². The van der Waals surface area contributed by atoms with E-state index < -0.39 is 0 Å². The zero-order chi connectivity index (χ0) is 15.2. The van der Waals surface area contributed by atoms with Crippen LogP contribution < -0.4 is 0 Å². The minimum atomic E-state index is -0.00432. The summed E-state index contributed by atoms with van der Waals surface area (Å²) in [4.78, 5) is 5.76. The van der Waals surface area contributed by atoms with Gasteiger partial charge in [0.1, 0.15) is 0 Å². The van der Waals surface area contributed by atoms with Crippen molar-refractivity contribution in [2.45, 2.75) is 10.9 Å². The van der Waals surface area contributed by atoms with E-state index in [0.717, 1.165) is 10.5 Å². The summed E-state index contributed by atoms with van der Waals surface area (Å²) in [6.07, 6.45) is 1.91. The largest absolute Gasteiger partial charge is 0.280 e. The predicted molar refractivity (Wildman–Crippen MR) is 96.0 cm³/mol. The van der Waals surface area contributed by atoms with Crippen molar-refractivity contribution < 1.29 is 0 Å². The standard InChI is InChI=1S/C20H17NS/c22-19-14-8-7-13-18(19)15-21-20(16-9-3-1-4-10-16)17-11-5-2-6-12-17/h1-15,20,22H. The minimum absolute atomic E-state index is 0.00432. The third-order valence-corrected chi connectivity index (χ3v) is 3.94. The van der Waals surface area contributed by atoms with E-state index in [1.165, 1.54) is 11.1 Å². The number of hydrogen-bond donors (Lipinski definition) is 1. The van der Waals surface area contributed by atoms with Gasteiger partial charge in [0.15, 0.2) is 0 Å². The molecule has 3 aromatic rings. The molecular weight excluding hydrogens is 286 g/mol. The summed E-state index contributed by atoms with van der Waals surface area (Å²) in [5.74, 6) is 0. The molecule has 3 rings (SSSR count). The Bertz CT molecular complexity index is 711. The molecule has 0 N–H and O–H groups in total. The van der Waals surface area contributed by atoms with Crippen molar-refractivity contribution in [2.24, 2.45) is 4.99 Å². The summed E-state index contributed by atoms with van der Waals surface area (Å²) >= 11 is 4.48. The highest BCUT2D eigenvalue weighted by Gasteiger charge is 2.11. The van der Waals surface area contributed by atoms with Crippen LogP contribution in [0, 0.1) is 0 Å². The summed E-state index contributed by atoms with van der Waals surface area (Å²) in [6, 6.07) is 28.7. The summed E-state index contributed by atoms with van der Waals surface area (Å²) in [7, 11) is 0. The zero-order valence-electron chi connectivity index (χ0n) is 12.1. The van der Waals surface area contributed by atoms with E-state index in [4.69, 9.17) is 4.99 Å². The van der Waals surface area contributed by atoms with E-state index in [0.29, 0.717) is 0 Å². The topological polar surface area (TPSA) is 12.4 Å². The lowest BCUT2D eigenvalue weighted by Gasteiger charge is -2.13. The molecule has 0 spiro atoms. The van der Waals surface area contributed by atoms with Gasteiger partial charge in [0.2, 0.25) is 0 Å². The Morgan fingerprint density at radius 3 is 1.73 bits per heavy atom. The van der Waals surface area contributed by atoms with Gasteiger partial charge in [-0.3, -0.25) is 4.99 Å². The van der Waals surface area contributed by atoms with Gasteiger partial charge in [0.05, 0.1) is 6.04 Å². The maximum absolute atomic E-state index is 4.82. The van der Waals surface area contributed by atoms with Gasteiger partial charge in [0, 0.05) is 16.7 Å². The maximum Gasteiger partial charge on any atom is 0.0999 e. The number of rotatable bonds is 4. The number of benzene rings is 3. The van der Waals surface area contributed by atoms with Gasteiger partial charge in [-0.15, -0.1) is 12.6 Å². The van der Waals surface area contributed by atoms with Gasteiger partial charge in [-0.1, -0.05) is 78.9 Å². The molecule has 0 unspecified atom stereocenters. The molecule has 0 aliphatic rings. The van der Waals surface area contributed by atoms with Crippen molar-refractivity contribution in [2.75, 3.05) is 0 Å².